The number of halogens is 1. The van der Waals surface area contributed by atoms with Crippen LogP contribution in [0.3, 0.4) is 0 Å². The van der Waals surface area contributed by atoms with Gasteiger partial charge in [0.2, 0.25) is 0 Å². The molecule has 1 aromatic heterocycles. The van der Waals surface area contributed by atoms with E-state index in [0.717, 1.165) is 16.5 Å². The molecule has 162 valence electrons. The van der Waals surface area contributed by atoms with Gasteiger partial charge in [0.05, 0.1) is 23.7 Å². The van der Waals surface area contributed by atoms with E-state index in [1.165, 1.54) is 4.68 Å². The van der Waals surface area contributed by atoms with Gasteiger partial charge in [0.25, 0.3) is 5.56 Å². The Morgan fingerprint density at radius 2 is 1.97 bits per heavy atom. The average Bonchev–Trinajstić information content (AvgIpc) is 2.77. The van der Waals surface area contributed by atoms with Gasteiger partial charge in [0, 0.05) is 10.4 Å². The minimum Gasteiger partial charge on any atom is -0.482 e. The summed E-state index contributed by atoms with van der Waals surface area (Å²) in [6, 6.07) is 12.5. The second kappa shape index (κ2) is 10.3. The quantitative estimate of drug-likeness (QED) is 0.346. The lowest BCUT2D eigenvalue weighted by Gasteiger charge is -2.14. The lowest BCUT2D eigenvalue weighted by Crippen LogP contribution is -2.23. The van der Waals surface area contributed by atoms with Crippen molar-refractivity contribution in [2.75, 3.05) is 13.2 Å². The fourth-order valence-electron chi connectivity index (χ4n) is 2.90. The molecule has 7 nitrogen and oxygen atoms in total. The molecule has 0 radical (unpaired) electrons. The van der Waals surface area contributed by atoms with E-state index in [9.17, 15) is 9.59 Å². The van der Waals surface area contributed by atoms with Crippen molar-refractivity contribution in [3.05, 3.63) is 68.7 Å². The third-order valence-electron chi connectivity index (χ3n) is 4.75. The lowest BCUT2D eigenvalue weighted by molar-refractivity contribution is -0.145. The van der Waals surface area contributed by atoms with Crippen LogP contribution < -0.4 is 10.3 Å². The van der Waals surface area contributed by atoms with E-state index < -0.39 is 5.97 Å². The first-order valence-corrected chi connectivity index (χ1v) is 10.9. The van der Waals surface area contributed by atoms with Gasteiger partial charge in [-0.1, -0.05) is 29.8 Å². The van der Waals surface area contributed by atoms with E-state index >= 15 is 0 Å². The summed E-state index contributed by atoms with van der Waals surface area (Å²) in [7, 11) is 0. The summed E-state index contributed by atoms with van der Waals surface area (Å²) in [6.45, 7) is 5.98. The monoisotopic (exact) mass is 485 g/mol. The molecule has 1 atom stereocenters. The topological polar surface area (TPSA) is 82.8 Å². The Morgan fingerprint density at radius 3 is 2.65 bits per heavy atom. The summed E-state index contributed by atoms with van der Waals surface area (Å²) in [4.78, 5) is 29.2. The first-order valence-electron chi connectivity index (χ1n) is 10.1. The molecule has 0 saturated carbocycles. The molecule has 0 N–H and O–H groups in total. The van der Waals surface area contributed by atoms with Gasteiger partial charge in [-0.3, -0.25) is 4.79 Å². The number of carbonyl (C=O) groups is 1. The Hall–Kier alpha value is -3.00. The molecule has 3 aromatic rings. The Bertz CT molecular complexity index is 1160. The molecule has 2 aromatic carbocycles. The Labute approximate surface area is 188 Å². The molecule has 1 heterocycles. The zero-order valence-corrected chi connectivity index (χ0v) is 19.3. The largest absolute Gasteiger partial charge is 0.482 e. The fraction of sp³-hybridized carbons (Fsp3) is 0.304. The number of carbonyl (C=O) groups excluding carboxylic acids is 1. The molecule has 0 amide bonds. The third-order valence-corrected chi connectivity index (χ3v) is 5.24. The van der Waals surface area contributed by atoms with Crippen LogP contribution in [-0.2, 0) is 9.53 Å². The van der Waals surface area contributed by atoms with Crippen molar-refractivity contribution in [2.45, 2.75) is 33.1 Å². The van der Waals surface area contributed by atoms with Crippen LogP contribution >= 0.6 is 15.9 Å². The van der Waals surface area contributed by atoms with Crippen LogP contribution in [-0.4, -0.2) is 35.1 Å². The normalized spacial score (nSPS) is 12.3. The van der Waals surface area contributed by atoms with E-state index in [0.29, 0.717) is 29.1 Å². The van der Waals surface area contributed by atoms with Crippen LogP contribution in [0.15, 0.2) is 56.8 Å². The number of hydrogen-bond acceptors (Lipinski definition) is 6. The molecule has 0 spiro atoms. The van der Waals surface area contributed by atoms with Crippen LogP contribution in [0, 0.1) is 0 Å². The van der Waals surface area contributed by atoms with E-state index in [1.54, 1.807) is 43.5 Å². The highest BCUT2D eigenvalue weighted by atomic mass is 79.9. The first-order chi connectivity index (χ1) is 14.9. The van der Waals surface area contributed by atoms with Gasteiger partial charge in [-0.2, -0.15) is 9.78 Å². The van der Waals surface area contributed by atoms with Crippen molar-refractivity contribution < 1.29 is 14.3 Å². The van der Waals surface area contributed by atoms with Crippen molar-refractivity contribution in [2.24, 2.45) is 5.10 Å². The van der Waals surface area contributed by atoms with Gasteiger partial charge < -0.3 is 9.47 Å². The van der Waals surface area contributed by atoms with Gasteiger partial charge in [-0.25, -0.2) is 9.78 Å². The number of esters is 1. The molecule has 31 heavy (non-hydrogen) atoms. The molecule has 0 aliphatic heterocycles. The molecule has 0 fully saturated rings. The van der Waals surface area contributed by atoms with Crippen molar-refractivity contribution in [3.63, 3.8) is 0 Å². The highest BCUT2D eigenvalue weighted by Gasteiger charge is 2.15. The summed E-state index contributed by atoms with van der Waals surface area (Å²) in [5.74, 6) is 0.810. The summed E-state index contributed by atoms with van der Waals surface area (Å²) < 4.78 is 12.4. The lowest BCUT2D eigenvalue weighted by atomic mass is 10.1. The number of benzene rings is 2. The zero-order valence-electron chi connectivity index (χ0n) is 17.7. The van der Waals surface area contributed by atoms with E-state index in [-0.39, 0.29) is 18.1 Å². The minimum absolute atomic E-state index is 0.0662. The molecule has 8 heteroatoms. The average molecular weight is 486 g/mol. The van der Waals surface area contributed by atoms with Crippen molar-refractivity contribution in [1.82, 2.24) is 9.66 Å². The molecule has 0 saturated heterocycles. The van der Waals surface area contributed by atoms with Gasteiger partial charge in [-0.05, 0) is 61.4 Å². The van der Waals surface area contributed by atoms with Gasteiger partial charge in [0.1, 0.15) is 11.6 Å². The van der Waals surface area contributed by atoms with Crippen LogP contribution in [0.2, 0.25) is 0 Å². The Balaban J connectivity index is 1.88. The molecule has 0 unspecified atom stereocenters. The number of fused-ring (bicyclic) bond motifs is 1. The van der Waals surface area contributed by atoms with Gasteiger partial charge >= 0.3 is 5.97 Å². The maximum Gasteiger partial charge on any atom is 0.344 e. The van der Waals surface area contributed by atoms with Crippen LogP contribution in [0.1, 0.15) is 44.5 Å². The summed E-state index contributed by atoms with van der Waals surface area (Å²) in [5, 5.41) is 4.94. The smallest absolute Gasteiger partial charge is 0.344 e. The van der Waals surface area contributed by atoms with Gasteiger partial charge in [-0.15, -0.1) is 0 Å². The van der Waals surface area contributed by atoms with Crippen molar-refractivity contribution in [1.29, 1.82) is 0 Å². The van der Waals surface area contributed by atoms with Crippen LogP contribution in [0.5, 0.6) is 5.75 Å². The molecular formula is C23H24BrN3O4. The standard InChI is InChI=1S/C23H24BrN3O4/c1-4-15(3)22-26-20-11-8-17(24)12-19(20)23(29)27(22)25-13-16-6-9-18(10-7-16)31-14-21(28)30-5-2/h6-13,15H,4-5,14H2,1-3H3/t15-/m1/s1. The van der Waals surface area contributed by atoms with Gasteiger partial charge in [0.15, 0.2) is 6.61 Å². The molecule has 0 bridgehead atoms. The number of hydrogen-bond donors (Lipinski definition) is 0. The van der Waals surface area contributed by atoms with Crippen LogP contribution in [0.25, 0.3) is 10.9 Å². The maximum atomic E-state index is 13.1. The summed E-state index contributed by atoms with van der Waals surface area (Å²) in [6.07, 6.45) is 2.43. The second-order valence-electron chi connectivity index (χ2n) is 6.97. The number of ether oxygens (including phenoxy) is 2. The fourth-order valence-corrected chi connectivity index (χ4v) is 3.26. The van der Waals surface area contributed by atoms with E-state index in [4.69, 9.17) is 14.5 Å². The molecule has 3 rings (SSSR count). The molecular weight excluding hydrogens is 462 g/mol. The zero-order chi connectivity index (χ0) is 22.4. The summed E-state index contributed by atoms with van der Waals surface area (Å²) >= 11 is 3.41. The second-order valence-corrected chi connectivity index (χ2v) is 7.88. The first kappa shape index (κ1) is 22.7. The molecule has 0 aliphatic rings. The Kier molecular flexibility index (Phi) is 7.57. The number of rotatable bonds is 8. The van der Waals surface area contributed by atoms with Crippen LogP contribution in [0.4, 0.5) is 0 Å². The molecule has 0 aliphatic carbocycles. The highest BCUT2D eigenvalue weighted by Crippen LogP contribution is 2.21. The predicted molar refractivity (Wildman–Crippen MR) is 124 cm³/mol. The Morgan fingerprint density at radius 1 is 1.23 bits per heavy atom. The highest BCUT2D eigenvalue weighted by molar-refractivity contribution is 9.10. The van der Waals surface area contributed by atoms with Crippen molar-refractivity contribution >= 4 is 39.0 Å². The maximum absolute atomic E-state index is 13.1. The van der Waals surface area contributed by atoms with E-state index in [2.05, 4.69) is 21.0 Å². The minimum atomic E-state index is -0.416. The summed E-state index contributed by atoms with van der Waals surface area (Å²) in [5.41, 5.74) is 1.21. The SMILES string of the molecule is CCOC(=O)COc1ccc(C=Nn2c([C@H](C)CC)nc3ccc(Br)cc3c2=O)cc1. The number of aromatic nitrogens is 2. The predicted octanol–water partition coefficient (Wildman–Crippen LogP) is 4.50. The van der Waals surface area contributed by atoms with E-state index in [1.807, 2.05) is 26.0 Å². The third kappa shape index (κ3) is 5.58. The number of nitrogens with zero attached hydrogens (tertiary/aromatic N) is 3. The van der Waals surface area contributed by atoms with Crippen molar-refractivity contribution in [3.8, 4) is 5.75 Å².